The van der Waals surface area contributed by atoms with E-state index in [1.54, 1.807) is 0 Å². The molecule has 0 saturated carbocycles. The fourth-order valence-corrected chi connectivity index (χ4v) is 1.49. The van der Waals surface area contributed by atoms with E-state index in [9.17, 15) is 0 Å². The number of hydrogen-bond donors (Lipinski definition) is 0. The Bertz CT molecular complexity index is 331. The first kappa shape index (κ1) is 12.5. The first-order valence-electron chi connectivity index (χ1n) is 5.43. The second-order valence-electron chi connectivity index (χ2n) is 4.33. The van der Waals surface area contributed by atoms with E-state index in [1.165, 1.54) is 16.7 Å². The van der Waals surface area contributed by atoms with E-state index in [-0.39, 0.29) is 0 Å². The van der Waals surface area contributed by atoms with Crippen LogP contribution in [0.3, 0.4) is 0 Å². The van der Waals surface area contributed by atoms with Crippen LogP contribution in [0.25, 0.3) is 6.08 Å². The van der Waals surface area contributed by atoms with Gasteiger partial charge in [-0.15, -0.1) is 0 Å². The van der Waals surface area contributed by atoms with Gasteiger partial charge in [-0.3, -0.25) is 0 Å². The lowest BCUT2D eigenvalue weighted by Gasteiger charge is -2.06. The van der Waals surface area contributed by atoms with Crippen LogP contribution in [0.4, 0.5) is 0 Å². The van der Waals surface area contributed by atoms with Crippen LogP contribution in [-0.4, -0.2) is 4.83 Å². The molecule has 0 amide bonds. The number of halogens is 1. The van der Waals surface area contributed by atoms with Crippen molar-refractivity contribution in [2.45, 2.75) is 38.4 Å². The molecule has 1 heteroatoms. The van der Waals surface area contributed by atoms with Gasteiger partial charge in [-0.2, -0.15) is 0 Å². The molecule has 0 nitrogen and oxygen atoms in total. The van der Waals surface area contributed by atoms with Gasteiger partial charge in [0.05, 0.1) is 0 Å². The van der Waals surface area contributed by atoms with Crippen LogP contribution in [0.5, 0.6) is 0 Å². The van der Waals surface area contributed by atoms with Crippen molar-refractivity contribution in [1.82, 2.24) is 0 Å². The van der Waals surface area contributed by atoms with Gasteiger partial charge in [-0.1, -0.05) is 65.7 Å². The maximum Gasteiger partial charge on any atom is 0.0326 e. The van der Waals surface area contributed by atoms with E-state index < -0.39 is 0 Å². The van der Waals surface area contributed by atoms with E-state index in [4.69, 9.17) is 0 Å². The van der Waals surface area contributed by atoms with Crippen molar-refractivity contribution in [2.24, 2.45) is 0 Å². The minimum absolute atomic E-state index is 0.447. The second kappa shape index (κ2) is 5.50. The van der Waals surface area contributed by atoms with E-state index in [2.05, 4.69) is 74.0 Å². The molecule has 0 aliphatic carbocycles. The van der Waals surface area contributed by atoms with Crippen LogP contribution in [-0.2, 0) is 0 Å². The van der Waals surface area contributed by atoms with Crippen LogP contribution in [0.15, 0.2) is 29.8 Å². The molecule has 0 N–H and O–H groups in total. The van der Waals surface area contributed by atoms with Crippen molar-refractivity contribution in [3.63, 3.8) is 0 Å². The van der Waals surface area contributed by atoms with Crippen molar-refractivity contribution < 1.29 is 0 Å². The lowest BCUT2D eigenvalue weighted by molar-refractivity contribution is 0.866. The second-order valence-corrected chi connectivity index (χ2v) is 5.70. The molecular formula is C14H19Br. The lowest BCUT2D eigenvalue weighted by Crippen LogP contribution is -1.91. The van der Waals surface area contributed by atoms with Crippen LogP contribution in [0.2, 0.25) is 0 Å². The van der Waals surface area contributed by atoms with Crippen LogP contribution in [0, 0.1) is 0 Å². The number of benzene rings is 1. The Morgan fingerprint density at radius 1 is 1.13 bits per heavy atom. The van der Waals surface area contributed by atoms with E-state index >= 15 is 0 Å². The Hall–Kier alpha value is -0.560. The topological polar surface area (TPSA) is 0 Å². The minimum atomic E-state index is 0.447. The molecule has 0 aliphatic heterocycles. The molecule has 1 unspecified atom stereocenters. The highest BCUT2D eigenvalue weighted by molar-refractivity contribution is 9.09. The molecule has 0 aromatic heterocycles. The van der Waals surface area contributed by atoms with Gasteiger partial charge in [0.2, 0.25) is 0 Å². The van der Waals surface area contributed by atoms with Gasteiger partial charge in [0, 0.05) is 4.83 Å². The van der Waals surface area contributed by atoms with Gasteiger partial charge in [-0.25, -0.2) is 0 Å². The van der Waals surface area contributed by atoms with Gasteiger partial charge < -0.3 is 0 Å². The summed E-state index contributed by atoms with van der Waals surface area (Å²) in [7, 11) is 0. The van der Waals surface area contributed by atoms with Gasteiger partial charge >= 0.3 is 0 Å². The predicted octanol–water partition coefficient (Wildman–Crippen LogP) is 5.00. The Kier molecular flexibility index (Phi) is 4.59. The molecule has 1 aromatic rings. The average Bonchev–Trinajstić information content (AvgIpc) is 2.18. The van der Waals surface area contributed by atoms with E-state index in [1.807, 2.05) is 0 Å². The molecular weight excluding hydrogens is 248 g/mol. The molecule has 0 aliphatic rings. The summed E-state index contributed by atoms with van der Waals surface area (Å²) in [6.07, 6.45) is 2.23. The number of hydrogen-bond acceptors (Lipinski definition) is 0. The van der Waals surface area contributed by atoms with Gasteiger partial charge in [-0.05, 0) is 30.9 Å². The zero-order chi connectivity index (χ0) is 11.4. The average molecular weight is 267 g/mol. The molecule has 0 radical (unpaired) electrons. The van der Waals surface area contributed by atoms with E-state index in [0.29, 0.717) is 10.7 Å². The van der Waals surface area contributed by atoms with Crippen LogP contribution < -0.4 is 0 Å². The summed E-state index contributed by atoms with van der Waals surface area (Å²) < 4.78 is 0. The maximum atomic E-state index is 3.57. The van der Waals surface area contributed by atoms with Crippen molar-refractivity contribution in [2.75, 3.05) is 0 Å². The molecule has 0 bridgehead atoms. The van der Waals surface area contributed by atoms with Crippen molar-refractivity contribution >= 4 is 22.0 Å². The van der Waals surface area contributed by atoms with Crippen molar-refractivity contribution in [3.05, 3.63) is 41.0 Å². The molecule has 0 heterocycles. The summed E-state index contributed by atoms with van der Waals surface area (Å²) in [4.78, 5) is 0.447. The molecule has 1 rings (SSSR count). The molecule has 0 saturated heterocycles. The third-order valence-corrected chi connectivity index (χ3v) is 3.35. The van der Waals surface area contributed by atoms with Gasteiger partial charge in [0.1, 0.15) is 0 Å². The maximum absolute atomic E-state index is 3.57. The first-order valence-corrected chi connectivity index (χ1v) is 6.34. The summed E-state index contributed by atoms with van der Waals surface area (Å²) in [5.41, 5.74) is 4.03. The lowest BCUT2D eigenvalue weighted by atomic mass is 10.0. The molecule has 82 valence electrons. The standard InChI is InChI=1S/C14H19Br/c1-10(2)14-7-5-13(6-8-14)9-11(3)12(4)15/h5-10,12H,1-4H3/b11-9-. The fraction of sp³-hybridized carbons (Fsp3) is 0.429. The summed E-state index contributed by atoms with van der Waals surface area (Å²) in [5.74, 6) is 0.610. The first-order chi connectivity index (χ1) is 7.00. The number of rotatable bonds is 3. The highest BCUT2D eigenvalue weighted by atomic mass is 79.9. The van der Waals surface area contributed by atoms with Crippen LogP contribution in [0.1, 0.15) is 44.7 Å². The van der Waals surface area contributed by atoms with Gasteiger partial charge in [0.15, 0.2) is 0 Å². The largest absolute Gasteiger partial charge is 0.0845 e. The SMILES string of the molecule is C/C(=C/c1ccc(C(C)C)cc1)C(C)Br. The zero-order valence-corrected chi connectivity index (χ0v) is 11.5. The number of alkyl halides is 1. The molecule has 1 atom stereocenters. The molecule has 15 heavy (non-hydrogen) atoms. The summed E-state index contributed by atoms with van der Waals surface area (Å²) in [5, 5.41) is 0. The van der Waals surface area contributed by atoms with Crippen LogP contribution >= 0.6 is 15.9 Å². The Labute approximate surface area is 102 Å². The Morgan fingerprint density at radius 2 is 1.67 bits per heavy atom. The minimum Gasteiger partial charge on any atom is -0.0845 e. The molecule has 0 fully saturated rings. The molecule has 1 aromatic carbocycles. The third kappa shape index (κ3) is 3.83. The number of allylic oxidation sites excluding steroid dienone is 1. The smallest absolute Gasteiger partial charge is 0.0326 e. The highest BCUT2D eigenvalue weighted by Crippen LogP contribution is 2.18. The third-order valence-electron chi connectivity index (χ3n) is 2.62. The predicted molar refractivity (Wildman–Crippen MR) is 72.6 cm³/mol. The Morgan fingerprint density at radius 3 is 2.07 bits per heavy atom. The molecule has 0 spiro atoms. The summed E-state index contributed by atoms with van der Waals surface area (Å²) in [6, 6.07) is 8.80. The van der Waals surface area contributed by atoms with Crippen molar-refractivity contribution in [3.8, 4) is 0 Å². The summed E-state index contributed by atoms with van der Waals surface area (Å²) in [6.45, 7) is 8.73. The normalized spacial score (nSPS) is 14.4. The van der Waals surface area contributed by atoms with Gasteiger partial charge in [0.25, 0.3) is 0 Å². The zero-order valence-electron chi connectivity index (χ0n) is 9.92. The Balaban J connectivity index is 2.85. The van der Waals surface area contributed by atoms with Crippen molar-refractivity contribution in [1.29, 1.82) is 0 Å². The fourth-order valence-electron chi connectivity index (χ4n) is 1.35. The van der Waals surface area contributed by atoms with E-state index in [0.717, 1.165) is 0 Å². The quantitative estimate of drug-likeness (QED) is 0.676. The summed E-state index contributed by atoms with van der Waals surface area (Å²) >= 11 is 3.57. The highest BCUT2D eigenvalue weighted by Gasteiger charge is 2.00. The monoisotopic (exact) mass is 266 g/mol.